The van der Waals surface area contributed by atoms with Gasteiger partial charge < -0.3 is 11.1 Å². The second-order valence-electron chi connectivity index (χ2n) is 3.81. The van der Waals surface area contributed by atoms with E-state index in [-0.39, 0.29) is 11.9 Å². The average Bonchev–Trinajstić information content (AvgIpc) is 2.20. The third kappa shape index (κ3) is 1.94. The number of halogens is 1. The van der Waals surface area contributed by atoms with Crippen molar-refractivity contribution in [1.82, 2.24) is 5.32 Å². The number of nitrogens with one attached hydrogen (secondary N) is 1. The molecule has 1 aliphatic rings. The molecule has 1 aromatic carbocycles. The molecule has 2 rings (SSSR count). The number of hydrogen-bond donors (Lipinski definition) is 2. The van der Waals surface area contributed by atoms with Gasteiger partial charge in [-0.25, -0.2) is 4.39 Å². The van der Waals surface area contributed by atoms with Gasteiger partial charge in [-0.1, -0.05) is 12.1 Å². The predicted octanol–water partition coefficient (Wildman–Crippen LogP) is 1.23. The lowest BCUT2D eigenvalue weighted by molar-refractivity contribution is 0.402. The van der Waals surface area contributed by atoms with E-state index in [4.69, 9.17) is 5.73 Å². The van der Waals surface area contributed by atoms with E-state index in [0.717, 1.165) is 25.1 Å². The summed E-state index contributed by atoms with van der Waals surface area (Å²) in [6.45, 7) is 1.85. The first-order chi connectivity index (χ1) is 6.77. The quantitative estimate of drug-likeness (QED) is 0.705. The minimum Gasteiger partial charge on any atom is -0.326 e. The van der Waals surface area contributed by atoms with Crippen molar-refractivity contribution in [3.05, 3.63) is 35.6 Å². The van der Waals surface area contributed by atoms with Crippen LogP contribution in [0.15, 0.2) is 24.3 Å². The number of piperidine rings is 1. The minimum atomic E-state index is -0.184. The van der Waals surface area contributed by atoms with E-state index < -0.39 is 0 Å². The molecule has 1 aromatic rings. The van der Waals surface area contributed by atoms with Gasteiger partial charge in [0.05, 0.1) is 0 Å². The monoisotopic (exact) mass is 194 g/mol. The highest BCUT2D eigenvalue weighted by molar-refractivity contribution is 5.22. The van der Waals surface area contributed by atoms with Crippen LogP contribution in [0.4, 0.5) is 4.39 Å². The third-order valence-electron chi connectivity index (χ3n) is 2.83. The van der Waals surface area contributed by atoms with Crippen molar-refractivity contribution in [3.63, 3.8) is 0 Å². The summed E-state index contributed by atoms with van der Waals surface area (Å²) >= 11 is 0. The van der Waals surface area contributed by atoms with Crippen molar-refractivity contribution in [3.8, 4) is 0 Å². The fourth-order valence-electron chi connectivity index (χ4n) is 2.01. The Labute approximate surface area is 83.3 Å². The van der Waals surface area contributed by atoms with Crippen molar-refractivity contribution >= 4 is 0 Å². The zero-order valence-corrected chi connectivity index (χ0v) is 8.04. The van der Waals surface area contributed by atoms with Crippen molar-refractivity contribution in [2.45, 2.75) is 18.4 Å². The van der Waals surface area contributed by atoms with Crippen LogP contribution in [0.2, 0.25) is 0 Å². The Bertz CT molecular complexity index is 297. The van der Waals surface area contributed by atoms with Gasteiger partial charge in [0.2, 0.25) is 0 Å². The second-order valence-corrected chi connectivity index (χ2v) is 3.81. The van der Waals surface area contributed by atoms with Gasteiger partial charge in [-0.2, -0.15) is 0 Å². The summed E-state index contributed by atoms with van der Waals surface area (Å²) in [5.74, 6) is 0.188. The van der Waals surface area contributed by atoms with Gasteiger partial charge in [-0.05, 0) is 30.7 Å². The van der Waals surface area contributed by atoms with E-state index in [9.17, 15) is 4.39 Å². The van der Waals surface area contributed by atoms with E-state index in [2.05, 4.69) is 5.32 Å². The van der Waals surface area contributed by atoms with Gasteiger partial charge in [0.1, 0.15) is 5.82 Å². The Morgan fingerprint density at radius 3 is 2.64 bits per heavy atom. The Kier molecular flexibility index (Phi) is 2.79. The summed E-state index contributed by atoms with van der Waals surface area (Å²) in [6.07, 6.45) is 1.03. The van der Waals surface area contributed by atoms with Crippen LogP contribution in [0, 0.1) is 5.82 Å². The van der Waals surface area contributed by atoms with E-state index in [1.54, 1.807) is 0 Å². The van der Waals surface area contributed by atoms with Crippen LogP contribution in [0.3, 0.4) is 0 Å². The molecule has 1 heterocycles. The molecule has 0 radical (unpaired) electrons. The molecule has 1 fully saturated rings. The number of hydrogen-bond acceptors (Lipinski definition) is 2. The zero-order chi connectivity index (χ0) is 9.97. The molecule has 76 valence electrons. The summed E-state index contributed by atoms with van der Waals surface area (Å²) in [5, 5.41) is 3.25. The van der Waals surface area contributed by atoms with Gasteiger partial charge in [-0.15, -0.1) is 0 Å². The Morgan fingerprint density at radius 2 is 2.00 bits per heavy atom. The fourth-order valence-corrected chi connectivity index (χ4v) is 2.01. The standard InChI is InChI=1S/C11H15FN2/c12-9-3-1-8(2-4-9)10-5-6-14-7-11(10)13/h1-4,10-11,14H,5-7,13H2/t10-,11+/m0/s1. The van der Waals surface area contributed by atoms with Crippen LogP contribution in [0.25, 0.3) is 0 Å². The lowest BCUT2D eigenvalue weighted by atomic mass is 9.87. The summed E-state index contributed by atoms with van der Waals surface area (Å²) in [5.41, 5.74) is 7.15. The SMILES string of the molecule is N[C@@H]1CNCC[C@H]1c1ccc(F)cc1. The van der Waals surface area contributed by atoms with Gasteiger partial charge in [-0.3, -0.25) is 0 Å². The fraction of sp³-hybridized carbons (Fsp3) is 0.455. The van der Waals surface area contributed by atoms with Crippen LogP contribution in [0.5, 0.6) is 0 Å². The molecule has 3 N–H and O–H groups in total. The maximum atomic E-state index is 12.7. The highest BCUT2D eigenvalue weighted by Gasteiger charge is 2.22. The van der Waals surface area contributed by atoms with Crippen molar-refractivity contribution in [1.29, 1.82) is 0 Å². The molecule has 1 saturated heterocycles. The summed E-state index contributed by atoms with van der Waals surface area (Å²) in [6, 6.07) is 6.83. The van der Waals surface area contributed by atoms with Gasteiger partial charge in [0.15, 0.2) is 0 Å². The van der Waals surface area contributed by atoms with Gasteiger partial charge >= 0.3 is 0 Å². The minimum absolute atomic E-state index is 0.147. The Morgan fingerprint density at radius 1 is 1.29 bits per heavy atom. The second kappa shape index (κ2) is 4.07. The van der Waals surface area contributed by atoms with E-state index >= 15 is 0 Å². The molecule has 0 aromatic heterocycles. The molecule has 2 atom stereocenters. The van der Waals surface area contributed by atoms with Crippen LogP contribution in [-0.2, 0) is 0 Å². The van der Waals surface area contributed by atoms with Gasteiger partial charge in [0.25, 0.3) is 0 Å². The molecular formula is C11H15FN2. The van der Waals surface area contributed by atoms with E-state index in [1.807, 2.05) is 12.1 Å². The highest BCUT2D eigenvalue weighted by Crippen LogP contribution is 2.24. The largest absolute Gasteiger partial charge is 0.326 e. The molecule has 0 aliphatic carbocycles. The normalized spacial score (nSPS) is 27.6. The van der Waals surface area contributed by atoms with Crippen LogP contribution >= 0.6 is 0 Å². The number of rotatable bonds is 1. The molecular weight excluding hydrogens is 179 g/mol. The van der Waals surface area contributed by atoms with E-state index in [1.165, 1.54) is 12.1 Å². The number of benzene rings is 1. The summed E-state index contributed by atoms with van der Waals surface area (Å²) < 4.78 is 12.7. The lowest BCUT2D eigenvalue weighted by Crippen LogP contribution is -2.44. The lowest BCUT2D eigenvalue weighted by Gasteiger charge is -2.29. The van der Waals surface area contributed by atoms with Crippen LogP contribution in [-0.4, -0.2) is 19.1 Å². The van der Waals surface area contributed by atoms with Gasteiger partial charge in [0, 0.05) is 18.5 Å². The molecule has 3 heteroatoms. The molecule has 0 spiro atoms. The Balaban J connectivity index is 2.16. The molecule has 0 saturated carbocycles. The predicted molar refractivity (Wildman–Crippen MR) is 54.6 cm³/mol. The summed E-state index contributed by atoms with van der Waals surface area (Å²) in [4.78, 5) is 0. The van der Waals surface area contributed by atoms with Crippen molar-refractivity contribution in [2.24, 2.45) is 5.73 Å². The van der Waals surface area contributed by atoms with E-state index in [0.29, 0.717) is 5.92 Å². The first kappa shape index (κ1) is 9.62. The van der Waals surface area contributed by atoms with Crippen molar-refractivity contribution in [2.75, 3.05) is 13.1 Å². The highest BCUT2D eigenvalue weighted by atomic mass is 19.1. The molecule has 0 amide bonds. The Hall–Kier alpha value is -0.930. The average molecular weight is 194 g/mol. The van der Waals surface area contributed by atoms with Crippen LogP contribution < -0.4 is 11.1 Å². The molecule has 0 unspecified atom stereocenters. The third-order valence-corrected chi connectivity index (χ3v) is 2.83. The molecule has 1 aliphatic heterocycles. The first-order valence-corrected chi connectivity index (χ1v) is 4.99. The summed E-state index contributed by atoms with van der Waals surface area (Å²) in [7, 11) is 0. The van der Waals surface area contributed by atoms with Crippen LogP contribution in [0.1, 0.15) is 17.9 Å². The first-order valence-electron chi connectivity index (χ1n) is 4.99. The molecule has 2 nitrogen and oxygen atoms in total. The molecule has 0 bridgehead atoms. The topological polar surface area (TPSA) is 38.0 Å². The maximum absolute atomic E-state index is 12.7. The zero-order valence-electron chi connectivity index (χ0n) is 8.04. The van der Waals surface area contributed by atoms with Crippen molar-refractivity contribution < 1.29 is 4.39 Å². The smallest absolute Gasteiger partial charge is 0.123 e. The number of nitrogens with two attached hydrogens (primary N) is 1. The molecule has 14 heavy (non-hydrogen) atoms. The maximum Gasteiger partial charge on any atom is 0.123 e.